The normalized spacial score (nSPS) is 14.0. The first kappa shape index (κ1) is 21.0. The van der Waals surface area contributed by atoms with Crippen LogP contribution >= 0.6 is 0 Å². The fourth-order valence-electron chi connectivity index (χ4n) is 2.49. The Morgan fingerprint density at radius 1 is 1.26 bits per heavy atom. The average molecular weight is 377 g/mol. The van der Waals surface area contributed by atoms with Gasteiger partial charge in [0.25, 0.3) is 5.91 Å². The van der Waals surface area contributed by atoms with Crippen LogP contribution in [0.5, 0.6) is 5.75 Å². The molecule has 0 bridgehead atoms. The maximum Gasteiger partial charge on any atom is 0.251 e. The zero-order valence-corrected chi connectivity index (χ0v) is 16.7. The summed E-state index contributed by atoms with van der Waals surface area (Å²) in [6.45, 7) is 6.19. The molecule has 0 spiro atoms. The van der Waals surface area contributed by atoms with Gasteiger partial charge in [-0.2, -0.15) is 0 Å². The van der Waals surface area contributed by atoms with Crippen molar-refractivity contribution in [2.75, 3.05) is 53.6 Å². The highest BCUT2D eigenvalue weighted by molar-refractivity contribution is 5.94. The maximum absolute atomic E-state index is 12.1. The van der Waals surface area contributed by atoms with E-state index >= 15 is 0 Å². The molecule has 0 unspecified atom stereocenters. The minimum absolute atomic E-state index is 0.111. The van der Waals surface area contributed by atoms with E-state index in [1.165, 1.54) is 12.8 Å². The number of hydrogen-bond acceptors (Lipinski definition) is 4. The van der Waals surface area contributed by atoms with Gasteiger partial charge in [-0.1, -0.05) is 0 Å². The molecule has 1 aromatic carbocycles. The van der Waals surface area contributed by atoms with Crippen molar-refractivity contribution in [1.29, 1.82) is 0 Å². The van der Waals surface area contributed by atoms with E-state index in [0.717, 1.165) is 37.3 Å². The number of nitrogens with one attached hydrogen (secondary N) is 2. The van der Waals surface area contributed by atoms with Crippen LogP contribution in [0.3, 0.4) is 0 Å². The number of benzene rings is 1. The van der Waals surface area contributed by atoms with Crippen LogP contribution in [0.25, 0.3) is 0 Å². The van der Waals surface area contributed by atoms with E-state index in [4.69, 9.17) is 9.47 Å². The summed E-state index contributed by atoms with van der Waals surface area (Å²) < 4.78 is 10.8. The molecule has 150 valence electrons. The van der Waals surface area contributed by atoms with Crippen molar-refractivity contribution in [3.63, 3.8) is 0 Å². The van der Waals surface area contributed by atoms with Crippen molar-refractivity contribution in [3.05, 3.63) is 29.8 Å². The monoisotopic (exact) mass is 376 g/mol. The summed E-state index contributed by atoms with van der Waals surface area (Å²) in [6, 6.07) is 7.04. The topological polar surface area (TPSA) is 75.2 Å². The summed E-state index contributed by atoms with van der Waals surface area (Å²) >= 11 is 0. The molecule has 0 radical (unpaired) electrons. The number of carbonyl (C=O) groups excluding carboxylic acids is 1. The summed E-state index contributed by atoms with van der Waals surface area (Å²) in [6.07, 6.45) is 2.62. The zero-order valence-electron chi connectivity index (χ0n) is 16.7. The van der Waals surface area contributed by atoms with Gasteiger partial charge >= 0.3 is 0 Å². The molecule has 0 aromatic heterocycles. The van der Waals surface area contributed by atoms with Gasteiger partial charge in [0, 0.05) is 38.9 Å². The third kappa shape index (κ3) is 7.86. The molecule has 1 amide bonds. The lowest BCUT2D eigenvalue weighted by atomic mass is 10.2. The first-order chi connectivity index (χ1) is 13.1. The highest BCUT2D eigenvalue weighted by atomic mass is 16.5. The summed E-state index contributed by atoms with van der Waals surface area (Å²) in [5.41, 5.74) is 0.608. The van der Waals surface area contributed by atoms with Gasteiger partial charge in [-0.05, 0) is 49.9 Å². The number of carbonyl (C=O) groups is 1. The molecular formula is C20H32N4O3. The third-order valence-electron chi connectivity index (χ3n) is 4.33. The van der Waals surface area contributed by atoms with Crippen molar-refractivity contribution in [3.8, 4) is 5.75 Å². The summed E-state index contributed by atoms with van der Waals surface area (Å²) in [7, 11) is 3.60. The van der Waals surface area contributed by atoms with E-state index in [1.54, 1.807) is 31.4 Å². The summed E-state index contributed by atoms with van der Waals surface area (Å²) in [5.74, 6) is 2.23. The number of methoxy groups -OCH3 is 1. The number of rotatable bonds is 11. The van der Waals surface area contributed by atoms with Crippen LogP contribution in [0, 0.1) is 5.92 Å². The lowest BCUT2D eigenvalue weighted by Gasteiger charge is -2.22. The van der Waals surface area contributed by atoms with Gasteiger partial charge in [-0.3, -0.25) is 9.79 Å². The minimum Gasteiger partial charge on any atom is -0.497 e. The molecule has 1 aromatic rings. The number of guanidine groups is 1. The summed E-state index contributed by atoms with van der Waals surface area (Å²) in [4.78, 5) is 18.8. The Balaban J connectivity index is 1.71. The molecule has 7 heteroatoms. The molecule has 0 heterocycles. The highest BCUT2D eigenvalue weighted by Crippen LogP contribution is 2.28. The van der Waals surface area contributed by atoms with Crippen LogP contribution < -0.4 is 15.4 Å². The zero-order chi connectivity index (χ0) is 19.5. The van der Waals surface area contributed by atoms with Crippen LogP contribution in [0.15, 0.2) is 29.3 Å². The molecular weight excluding hydrogens is 344 g/mol. The Kier molecular flexibility index (Phi) is 8.91. The Labute approximate surface area is 162 Å². The second-order valence-corrected chi connectivity index (χ2v) is 6.66. The van der Waals surface area contributed by atoms with Gasteiger partial charge in [0.05, 0.1) is 20.3 Å². The highest BCUT2D eigenvalue weighted by Gasteiger charge is 2.21. The van der Waals surface area contributed by atoms with Crippen LogP contribution in [0.2, 0.25) is 0 Å². The smallest absolute Gasteiger partial charge is 0.251 e. The number of nitrogens with zero attached hydrogens (tertiary/aromatic N) is 2. The number of hydrogen-bond donors (Lipinski definition) is 2. The van der Waals surface area contributed by atoms with E-state index in [1.807, 2.05) is 14.0 Å². The maximum atomic E-state index is 12.1. The Morgan fingerprint density at radius 3 is 2.63 bits per heavy atom. The molecule has 2 rings (SSSR count). The van der Waals surface area contributed by atoms with Gasteiger partial charge < -0.3 is 25.0 Å². The van der Waals surface area contributed by atoms with Crippen LogP contribution in [-0.4, -0.2) is 70.3 Å². The Morgan fingerprint density at radius 2 is 2.00 bits per heavy atom. The number of aliphatic imine (C=N–C) groups is 1. The van der Waals surface area contributed by atoms with Gasteiger partial charge in [0.2, 0.25) is 0 Å². The molecule has 2 N–H and O–H groups in total. The summed E-state index contributed by atoms with van der Waals surface area (Å²) in [5, 5.41) is 6.16. The largest absolute Gasteiger partial charge is 0.497 e. The van der Waals surface area contributed by atoms with Gasteiger partial charge in [-0.25, -0.2) is 0 Å². The third-order valence-corrected chi connectivity index (χ3v) is 4.33. The number of likely N-dealkylation sites (N-methyl/N-ethyl adjacent to an activating group) is 1. The predicted octanol–water partition coefficient (Wildman–Crippen LogP) is 1.75. The minimum atomic E-state index is -0.111. The molecule has 1 aliphatic rings. The van der Waals surface area contributed by atoms with E-state index in [-0.39, 0.29) is 5.91 Å². The van der Waals surface area contributed by atoms with Crippen molar-refractivity contribution in [2.45, 2.75) is 19.8 Å². The van der Waals surface area contributed by atoms with Crippen LogP contribution in [-0.2, 0) is 4.74 Å². The van der Waals surface area contributed by atoms with E-state index in [2.05, 4.69) is 20.5 Å². The lowest BCUT2D eigenvalue weighted by Crippen LogP contribution is -2.41. The van der Waals surface area contributed by atoms with Crippen LogP contribution in [0.4, 0.5) is 0 Å². The van der Waals surface area contributed by atoms with Crippen molar-refractivity contribution in [2.24, 2.45) is 10.9 Å². The molecule has 27 heavy (non-hydrogen) atoms. The van der Waals surface area contributed by atoms with Gasteiger partial charge in [0.15, 0.2) is 5.96 Å². The SMILES string of the molecule is CCNC(=NCCNC(=O)c1ccc(OC)cc1)N(C)CCOCC1CC1. The first-order valence-electron chi connectivity index (χ1n) is 9.63. The Hall–Kier alpha value is -2.28. The second-order valence-electron chi connectivity index (χ2n) is 6.66. The van der Waals surface area contributed by atoms with E-state index in [0.29, 0.717) is 25.3 Å². The first-order valence-corrected chi connectivity index (χ1v) is 9.63. The van der Waals surface area contributed by atoms with Crippen molar-refractivity contribution in [1.82, 2.24) is 15.5 Å². The van der Waals surface area contributed by atoms with Gasteiger partial charge in [-0.15, -0.1) is 0 Å². The van der Waals surface area contributed by atoms with E-state index in [9.17, 15) is 4.79 Å². The number of ether oxygens (including phenoxy) is 2. The van der Waals surface area contributed by atoms with E-state index < -0.39 is 0 Å². The standard InChI is InChI=1S/C20H32N4O3/c1-4-21-20(24(2)13-14-27-15-16-5-6-16)23-12-11-22-19(25)17-7-9-18(26-3)10-8-17/h7-10,16H,4-6,11-15H2,1-3H3,(H,21,23)(H,22,25). The fraction of sp³-hybridized carbons (Fsp3) is 0.600. The van der Waals surface area contributed by atoms with Crippen molar-refractivity contribution >= 4 is 11.9 Å². The Bertz CT molecular complexity index is 600. The molecule has 1 saturated carbocycles. The fourth-order valence-corrected chi connectivity index (χ4v) is 2.49. The number of amides is 1. The van der Waals surface area contributed by atoms with Crippen LogP contribution in [0.1, 0.15) is 30.1 Å². The molecule has 0 atom stereocenters. The molecule has 7 nitrogen and oxygen atoms in total. The quantitative estimate of drug-likeness (QED) is 0.350. The molecule has 0 saturated heterocycles. The predicted molar refractivity (Wildman–Crippen MR) is 107 cm³/mol. The second kappa shape index (κ2) is 11.4. The molecule has 0 aliphatic heterocycles. The van der Waals surface area contributed by atoms with Gasteiger partial charge in [0.1, 0.15) is 5.75 Å². The molecule has 1 aliphatic carbocycles. The lowest BCUT2D eigenvalue weighted by molar-refractivity contribution is 0.0954. The van der Waals surface area contributed by atoms with Crippen molar-refractivity contribution < 1.29 is 14.3 Å². The molecule has 1 fully saturated rings. The average Bonchev–Trinajstić information content (AvgIpc) is 3.51.